The predicted octanol–water partition coefficient (Wildman–Crippen LogP) is 5.89. The van der Waals surface area contributed by atoms with Gasteiger partial charge in [-0.05, 0) is 65.6 Å². The Labute approximate surface area is 217 Å². The number of methoxy groups -OCH3 is 6. The minimum absolute atomic E-state index is 0.103. The molecular weight excluding hydrogens is 472 g/mol. The van der Waals surface area contributed by atoms with E-state index in [0.717, 1.165) is 16.7 Å². The van der Waals surface area contributed by atoms with Crippen LogP contribution in [0.1, 0.15) is 27.0 Å². The average molecular weight is 505 g/mol. The Hall–Kier alpha value is -4.39. The van der Waals surface area contributed by atoms with Gasteiger partial charge in [0, 0.05) is 5.56 Å². The summed E-state index contributed by atoms with van der Waals surface area (Å²) in [4.78, 5) is 12.7. The van der Waals surface area contributed by atoms with Gasteiger partial charge in [-0.25, -0.2) is 0 Å². The molecule has 0 aliphatic rings. The molecule has 0 atom stereocenters. The van der Waals surface area contributed by atoms with E-state index in [2.05, 4.69) is 0 Å². The molecule has 0 amide bonds. The molecule has 0 aliphatic heterocycles. The molecule has 0 saturated heterocycles. The van der Waals surface area contributed by atoms with E-state index < -0.39 is 0 Å². The van der Waals surface area contributed by atoms with Crippen LogP contribution in [0.25, 0.3) is 12.2 Å². The molecule has 7 heteroatoms. The van der Waals surface area contributed by atoms with Crippen molar-refractivity contribution in [1.29, 1.82) is 0 Å². The normalized spacial score (nSPS) is 11.0. The van der Waals surface area contributed by atoms with Crippen molar-refractivity contribution in [2.45, 2.75) is 6.42 Å². The molecular formula is C30H32O7. The summed E-state index contributed by atoms with van der Waals surface area (Å²) >= 11 is 0. The van der Waals surface area contributed by atoms with Gasteiger partial charge in [-0.15, -0.1) is 0 Å². The van der Waals surface area contributed by atoms with Crippen LogP contribution in [-0.4, -0.2) is 48.4 Å². The molecule has 0 radical (unpaired) electrons. The Morgan fingerprint density at radius 1 is 0.703 bits per heavy atom. The van der Waals surface area contributed by atoms with Crippen molar-refractivity contribution in [3.8, 4) is 34.5 Å². The highest BCUT2D eigenvalue weighted by Gasteiger charge is 2.13. The minimum atomic E-state index is -0.103. The molecule has 0 fully saturated rings. The number of carbonyl (C=O) groups excluding carboxylic acids is 1. The maximum Gasteiger partial charge on any atom is 0.203 e. The number of hydrogen-bond acceptors (Lipinski definition) is 7. The number of rotatable bonds is 12. The van der Waals surface area contributed by atoms with Crippen LogP contribution in [0.15, 0.2) is 60.7 Å². The van der Waals surface area contributed by atoms with E-state index in [4.69, 9.17) is 28.4 Å². The van der Waals surface area contributed by atoms with Crippen molar-refractivity contribution < 1.29 is 33.2 Å². The Morgan fingerprint density at radius 2 is 1.35 bits per heavy atom. The molecule has 0 spiro atoms. The van der Waals surface area contributed by atoms with E-state index in [9.17, 15) is 4.79 Å². The number of ether oxygens (including phenoxy) is 6. The highest BCUT2D eigenvalue weighted by molar-refractivity contribution is 6.04. The Bertz CT molecular complexity index is 1270. The molecule has 7 nitrogen and oxygen atoms in total. The van der Waals surface area contributed by atoms with E-state index in [-0.39, 0.29) is 5.78 Å². The first kappa shape index (κ1) is 27.2. The second-order valence-corrected chi connectivity index (χ2v) is 7.90. The van der Waals surface area contributed by atoms with E-state index >= 15 is 0 Å². The largest absolute Gasteiger partial charge is 0.497 e. The number of benzene rings is 3. The van der Waals surface area contributed by atoms with E-state index in [1.807, 2.05) is 42.5 Å². The third-order valence-corrected chi connectivity index (χ3v) is 5.75. The maximum absolute atomic E-state index is 12.7. The molecule has 0 bridgehead atoms. The number of ketones is 1. The third-order valence-electron chi connectivity index (χ3n) is 5.75. The van der Waals surface area contributed by atoms with Crippen molar-refractivity contribution in [2.75, 3.05) is 42.7 Å². The van der Waals surface area contributed by atoms with Crippen LogP contribution in [0, 0.1) is 0 Å². The fraction of sp³-hybridized carbons (Fsp3) is 0.233. The zero-order valence-corrected chi connectivity index (χ0v) is 22.0. The quantitative estimate of drug-likeness (QED) is 0.173. The number of hydrogen-bond donors (Lipinski definition) is 0. The topological polar surface area (TPSA) is 72.5 Å². The van der Waals surface area contributed by atoms with Crippen LogP contribution >= 0.6 is 0 Å². The monoisotopic (exact) mass is 504 g/mol. The van der Waals surface area contributed by atoms with Crippen molar-refractivity contribution in [3.05, 3.63) is 82.9 Å². The fourth-order valence-electron chi connectivity index (χ4n) is 3.82. The number of allylic oxidation sites excluding steroid dienone is 2. The molecule has 3 aromatic carbocycles. The van der Waals surface area contributed by atoms with Crippen LogP contribution < -0.4 is 28.4 Å². The molecule has 37 heavy (non-hydrogen) atoms. The predicted molar refractivity (Wildman–Crippen MR) is 145 cm³/mol. The van der Waals surface area contributed by atoms with Crippen molar-refractivity contribution in [2.24, 2.45) is 0 Å². The highest BCUT2D eigenvalue weighted by Crippen LogP contribution is 2.39. The van der Waals surface area contributed by atoms with Crippen LogP contribution in [0.3, 0.4) is 0 Å². The molecule has 0 heterocycles. The zero-order valence-electron chi connectivity index (χ0n) is 22.0. The minimum Gasteiger partial charge on any atom is -0.497 e. The van der Waals surface area contributed by atoms with Gasteiger partial charge in [0.1, 0.15) is 5.75 Å². The lowest BCUT2D eigenvalue weighted by Crippen LogP contribution is -1.97. The highest BCUT2D eigenvalue weighted by atomic mass is 16.5. The lowest BCUT2D eigenvalue weighted by atomic mass is 10.0. The van der Waals surface area contributed by atoms with Gasteiger partial charge in [0.2, 0.25) is 5.75 Å². The zero-order chi connectivity index (χ0) is 26.8. The van der Waals surface area contributed by atoms with Gasteiger partial charge in [0.25, 0.3) is 0 Å². The summed E-state index contributed by atoms with van der Waals surface area (Å²) < 4.78 is 32.6. The van der Waals surface area contributed by atoms with Crippen LogP contribution in [0.2, 0.25) is 0 Å². The van der Waals surface area contributed by atoms with Gasteiger partial charge in [-0.1, -0.05) is 30.4 Å². The maximum atomic E-state index is 12.7. The fourth-order valence-corrected chi connectivity index (χ4v) is 3.82. The molecule has 194 valence electrons. The second kappa shape index (κ2) is 13.1. The third kappa shape index (κ3) is 6.64. The molecule has 3 aromatic rings. The van der Waals surface area contributed by atoms with Crippen LogP contribution in [0.5, 0.6) is 34.5 Å². The first-order valence-corrected chi connectivity index (χ1v) is 11.6. The summed E-state index contributed by atoms with van der Waals surface area (Å²) in [5.41, 5.74) is 3.28. The van der Waals surface area contributed by atoms with Gasteiger partial charge in [0.15, 0.2) is 28.8 Å². The number of carbonyl (C=O) groups is 1. The van der Waals surface area contributed by atoms with Crippen molar-refractivity contribution in [3.63, 3.8) is 0 Å². The van der Waals surface area contributed by atoms with Gasteiger partial charge in [-0.2, -0.15) is 0 Å². The Balaban J connectivity index is 1.93. The van der Waals surface area contributed by atoms with E-state index in [1.54, 1.807) is 73.0 Å². The first-order chi connectivity index (χ1) is 18.0. The van der Waals surface area contributed by atoms with Gasteiger partial charge >= 0.3 is 0 Å². The lowest BCUT2D eigenvalue weighted by Gasteiger charge is -2.14. The van der Waals surface area contributed by atoms with Gasteiger partial charge < -0.3 is 28.4 Å². The van der Waals surface area contributed by atoms with Gasteiger partial charge in [0.05, 0.1) is 42.7 Å². The Kier molecular flexibility index (Phi) is 9.61. The van der Waals surface area contributed by atoms with Crippen molar-refractivity contribution >= 4 is 17.9 Å². The standard InChI is InChI=1S/C30H32O7/c1-32-24-11-7-10-23(17-24)25(31)12-8-9-21-18-26(33-2)27(34-3)19-22(21)14-13-20-15-28(35-4)30(37-6)29(16-20)36-5/h7-8,10-19H,9H2,1-6H3/b12-8-,14-13-. The average Bonchev–Trinajstić information content (AvgIpc) is 2.95. The smallest absolute Gasteiger partial charge is 0.203 e. The summed E-state index contributed by atoms with van der Waals surface area (Å²) in [6, 6.07) is 14.6. The molecule has 0 N–H and O–H groups in total. The summed E-state index contributed by atoms with van der Waals surface area (Å²) in [5, 5.41) is 0. The molecule has 0 aromatic heterocycles. The van der Waals surface area contributed by atoms with Crippen LogP contribution in [0.4, 0.5) is 0 Å². The molecule has 3 rings (SSSR count). The first-order valence-electron chi connectivity index (χ1n) is 11.6. The summed E-state index contributed by atoms with van der Waals surface area (Å²) in [6.45, 7) is 0. The van der Waals surface area contributed by atoms with Gasteiger partial charge in [-0.3, -0.25) is 4.79 Å². The van der Waals surface area contributed by atoms with E-state index in [1.165, 1.54) is 0 Å². The SMILES string of the molecule is COc1cccc(C(=O)/C=C\Cc2cc(OC)c(OC)cc2/C=C\c2cc(OC)c(OC)c(OC)c2)c1. The summed E-state index contributed by atoms with van der Waals surface area (Å²) in [6.07, 6.45) is 7.82. The molecule has 0 saturated carbocycles. The lowest BCUT2D eigenvalue weighted by molar-refractivity contribution is 0.104. The summed E-state index contributed by atoms with van der Waals surface area (Å²) in [7, 11) is 9.49. The van der Waals surface area contributed by atoms with Crippen LogP contribution in [-0.2, 0) is 6.42 Å². The summed E-state index contributed by atoms with van der Waals surface area (Å²) in [5.74, 6) is 3.40. The second-order valence-electron chi connectivity index (χ2n) is 7.90. The molecule has 0 unspecified atom stereocenters. The Morgan fingerprint density at radius 3 is 1.95 bits per heavy atom. The van der Waals surface area contributed by atoms with Crippen molar-refractivity contribution in [1.82, 2.24) is 0 Å². The van der Waals surface area contributed by atoms with E-state index in [0.29, 0.717) is 46.5 Å². The molecule has 0 aliphatic carbocycles.